The van der Waals surface area contributed by atoms with Gasteiger partial charge in [-0.15, -0.1) is 0 Å². The SMILES string of the molecule is COCC(c1cccc(OC)c1)N1CCN(c2ccc(Br)cc2)C1=O. The first-order chi connectivity index (χ1) is 12.1. The van der Waals surface area contributed by atoms with Crippen molar-refractivity contribution < 1.29 is 14.3 Å². The standard InChI is InChI=1S/C19H21BrN2O3/c1-24-13-18(14-4-3-5-17(12-14)25-2)22-11-10-21(19(22)23)16-8-6-15(20)7-9-16/h3-9,12,18H,10-11,13H2,1-2H3. The van der Waals surface area contributed by atoms with Crippen molar-refractivity contribution in [3.05, 3.63) is 58.6 Å². The van der Waals surface area contributed by atoms with Crippen LogP contribution in [0.25, 0.3) is 0 Å². The van der Waals surface area contributed by atoms with Crippen LogP contribution in [0.2, 0.25) is 0 Å². The molecular weight excluding hydrogens is 384 g/mol. The molecule has 0 aliphatic carbocycles. The number of carbonyl (C=O) groups is 1. The van der Waals surface area contributed by atoms with Crippen molar-refractivity contribution >= 4 is 27.6 Å². The van der Waals surface area contributed by atoms with Crippen LogP contribution in [-0.4, -0.2) is 44.8 Å². The van der Waals surface area contributed by atoms with Gasteiger partial charge in [-0.05, 0) is 42.0 Å². The summed E-state index contributed by atoms with van der Waals surface area (Å²) in [6.45, 7) is 1.75. The summed E-state index contributed by atoms with van der Waals surface area (Å²) in [6, 6.07) is 15.4. The van der Waals surface area contributed by atoms with Crippen LogP contribution in [0.15, 0.2) is 53.0 Å². The summed E-state index contributed by atoms with van der Waals surface area (Å²) in [7, 11) is 3.29. The Balaban J connectivity index is 1.85. The van der Waals surface area contributed by atoms with E-state index in [0.717, 1.165) is 21.5 Å². The zero-order chi connectivity index (χ0) is 17.8. The zero-order valence-corrected chi connectivity index (χ0v) is 15.9. The third-order valence-corrected chi connectivity index (χ3v) is 4.89. The molecule has 2 amide bonds. The fourth-order valence-corrected chi connectivity index (χ4v) is 3.34. The number of nitrogens with zero attached hydrogens (tertiary/aromatic N) is 2. The van der Waals surface area contributed by atoms with Gasteiger partial charge in [0.25, 0.3) is 0 Å². The number of benzene rings is 2. The van der Waals surface area contributed by atoms with Crippen LogP contribution in [0.3, 0.4) is 0 Å². The molecule has 1 atom stereocenters. The van der Waals surface area contributed by atoms with E-state index in [1.807, 2.05) is 53.4 Å². The van der Waals surface area contributed by atoms with E-state index in [4.69, 9.17) is 9.47 Å². The molecule has 0 spiro atoms. The summed E-state index contributed by atoms with van der Waals surface area (Å²) in [4.78, 5) is 16.7. The largest absolute Gasteiger partial charge is 0.497 e. The van der Waals surface area contributed by atoms with Crippen LogP contribution < -0.4 is 9.64 Å². The average molecular weight is 405 g/mol. The first-order valence-corrected chi connectivity index (χ1v) is 8.90. The number of carbonyl (C=O) groups excluding carboxylic acids is 1. The van der Waals surface area contributed by atoms with Gasteiger partial charge in [0.1, 0.15) is 5.75 Å². The summed E-state index contributed by atoms with van der Waals surface area (Å²) in [6.07, 6.45) is 0. The fourth-order valence-electron chi connectivity index (χ4n) is 3.08. The Labute approximate surface area is 156 Å². The number of halogens is 1. The lowest BCUT2D eigenvalue weighted by atomic mass is 10.1. The van der Waals surface area contributed by atoms with E-state index in [9.17, 15) is 4.79 Å². The lowest BCUT2D eigenvalue weighted by Gasteiger charge is -2.28. The molecule has 0 bridgehead atoms. The number of rotatable bonds is 6. The molecule has 0 aromatic heterocycles. The number of anilines is 1. The van der Waals surface area contributed by atoms with Gasteiger partial charge in [0.15, 0.2) is 0 Å². The molecule has 1 aliphatic rings. The number of ether oxygens (including phenoxy) is 2. The molecule has 25 heavy (non-hydrogen) atoms. The number of methoxy groups -OCH3 is 2. The highest BCUT2D eigenvalue weighted by Gasteiger charge is 2.35. The number of urea groups is 1. The molecule has 1 fully saturated rings. The molecule has 0 saturated carbocycles. The molecule has 132 valence electrons. The van der Waals surface area contributed by atoms with Gasteiger partial charge in [0, 0.05) is 30.4 Å². The van der Waals surface area contributed by atoms with E-state index < -0.39 is 0 Å². The predicted octanol–water partition coefficient (Wildman–Crippen LogP) is 4.09. The Hall–Kier alpha value is -2.05. The average Bonchev–Trinajstić information content (AvgIpc) is 3.01. The van der Waals surface area contributed by atoms with Gasteiger partial charge in [0.05, 0.1) is 19.8 Å². The third kappa shape index (κ3) is 3.80. The summed E-state index contributed by atoms with van der Waals surface area (Å²) < 4.78 is 11.7. The molecule has 2 aromatic rings. The first-order valence-electron chi connectivity index (χ1n) is 8.10. The summed E-state index contributed by atoms with van der Waals surface area (Å²) in [5, 5.41) is 0. The van der Waals surface area contributed by atoms with Crippen molar-refractivity contribution in [3.63, 3.8) is 0 Å². The lowest BCUT2D eigenvalue weighted by molar-refractivity contribution is 0.116. The van der Waals surface area contributed by atoms with Crippen LogP contribution in [0.5, 0.6) is 5.75 Å². The number of hydrogen-bond acceptors (Lipinski definition) is 3. The van der Waals surface area contributed by atoms with Gasteiger partial charge >= 0.3 is 6.03 Å². The highest BCUT2D eigenvalue weighted by atomic mass is 79.9. The summed E-state index contributed by atoms with van der Waals surface area (Å²) >= 11 is 3.43. The molecule has 1 unspecified atom stereocenters. The summed E-state index contributed by atoms with van der Waals surface area (Å²) in [5.74, 6) is 0.773. The zero-order valence-electron chi connectivity index (χ0n) is 14.3. The van der Waals surface area contributed by atoms with Crippen molar-refractivity contribution in [2.75, 3.05) is 38.8 Å². The van der Waals surface area contributed by atoms with Crippen molar-refractivity contribution in [2.45, 2.75) is 6.04 Å². The van der Waals surface area contributed by atoms with Crippen LogP contribution in [0.1, 0.15) is 11.6 Å². The van der Waals surface area contributed by atoms with Gasteiger partial charge < -0.3 is 14.4 Å². The topological polar surface area (TPSA) is 42.0 Å². The van der Waals surface area contributed by atoms with E-state index >= 15 is 0 Å². The minimum Gasteiger partial charge on any atom is -0.497 e. The second-order valence-electron chi connectivity index (χ2n) is 5.85. The second kappa shape index (κ2) is 7.89. The molecule has 1 heterocycles. The monoisotopic (exact) mass is 404 g/mol. The van der Waals surface area contributed by atoms with Crippen molar-refractivity contribution in [2.24, 2.45) is 0 Å². The minimum atomic E-state index is -0.145. The normalized spacial score (nSPS) is 15.6. The third-order valence-electron chi connectivity index (χ3n) is 4.36. The van der Waals surface area contributed by atoms with Gasteiger partial charge in [-0.2, -0.15) is 0 Å². The molecule has 1 saturated heterocycles. The maximum Gasteiger partial charge on any atom is 0.325 e. The molecule has 5 nitrogen and oxygen atoms in total. The maximum atomic E-state index is 13.0. The van der Waals surface area contributed by atoms with Gasteiger partial charge in [0.2, 0.25) is 0 Å². The molecule has 6 heteroatoms. The maximum absolute atomic E-state index is 13.0. The quantitative estimate of drug-likeness (QED) is 0.727. The number of amides is 2. The highest BCUT2D eigenvalue weighted by molar-refractivity contribution is 9.10. The van der Waals surface area contributed by atoms with E-state index in [0.29, 0.717) is 19.7 Å². The Morgan fingerprint density at radius 3 is 2.56 bits per heavy atom. The molecular formula is C19H21BrN2O3. The Morgan fingerprint density at radius 2 is 1.88 bits per heavy atom. The van der Waals surface area contributed by atoms with Gasteiger partial charge in [-0.1, -0.05) is 28.1 Å². The fraction of sp³-hybridized carbons (Fsp3) is 0.316. The Bertz CT molecular complexity index is 736. The van der Waals surface area contributed by atoms with Crippen LogP contribution in [0, 0.1) is 0 Å². The molecule has 3 rings (SSSR count). The smallest absolute Gasteiger partial charge is 0.325 e. The van der Waals surface area contributed by atoms with E-state index in [2.05, 4.69) is 15.9 Å². The molecule has 1 aliphatic heterocycles. The Morgan fingerprint density at radius 1 is 1.12 bits per heavy atom. The minimum absolute atomic E-state index is 0.00723. The first kappa shape index (κ1) is 17.8. The van der Waals surface area contributed by atoms with Crippen molar-refractivity contribution in [3.8, 4) is 5.75 Å². The molecule has 2 aromatic carbocycles. The van der Waals surface area contributed by atoms with E-state index in [-0.39, 0.29) is 12.1 Å². The van der Waals surface area contributed by atoms with E-state index in [1.54, 1.807) is 19.1 Å². The Kier molecular flexibility index (Phi) is 5.60. The van der Waals surface area contributed by atoms with Crippen LogP contribution in [-0.2, 0) is 4.74 Å². The van der Waals surface area contributed by atoms with E-state index in [1.165, 1.54) is 0 Å². The van der Waals surface area contributed by atoms with Crippen molar-refractivity contribution in [1.29, 1.82) is 0 Å². The van der Waals surface area contributed by atoms with Crippen LogP contribution >= 0.6 is 15.9 Å². The lowest BCUT2D eigenvalue weighted by Crippen LogP contribution is -2.36. The second-order valence-corrected chi connectivity index (χ2v) is 6.77. The molecule has 0 N–H and O–H groups in total. The predicted molar refractivity (Wildman–Crippen MR) is 101 cm³/mol. The summed E-state index contributed by atoms with van der Waals surface area (Å²) in [5.41, 5.74) is 1.91. The van der Waals surface area contributed by atoms with Crippen LogP contribution in [0.4, 0.5) is 10.5 Å². The highest BCUT2D eigenvalue weighted by Crippen LogP contribution is 2.30. The number of hydrogen-bond donors (Lipinski definition) is 0. The van der Waals surface area contributed by atoms with Gasteiger partial charge in [-0.25, -0.2) is 4.79 Å². The molecule has 0 radical (unpaired) electrons. The van der Waals surface area contributed by atoms with Gasteiger partial charge in [-0.3, -0.25) is 4.90 Å². The van der Waals surface area contributed by atoms with Crippen molar-refractivity contribution in [1.82, 2.24) is 4.90 Å².